The van der Waals surface area contributed by atoms with Crippen molar-refractivity contribution in [3.8, 4) is 5.75 Å². The van der Waals surface area contributed by atoms with Gasteiger partial charge in [-0.3, -0.25) is 4.72 Å². The summed E-state index contributed by atoms with van der Waals surface area (Å²) in [5.74, 6) is -1.87. The van der Waals surface area contributed by atoms with E-state index in [9.17, 15) is 18.3 Å². The van der Waals surface area contributed by atoms with Crippen LogP contribution in [0.25, 0.3) is 0 Å². The smallest absolute Gasteiger partial charge is 0.339 e. The molecule has 2 aromatic rings. The van der Waals surface area contributed by atoms with Gasteiger partial charge in [0.15, 0.2) is 0 Å². The summed E-state index contributed by atoms with van der Waals surface area (Å²) in [7, 11) is -3.96. The topological polar surface area (TPSA) is 104 Å². The summed E-state index contributed by atoms with van der Waals surface area (Å²) in [5.41, 5.74) is 1.11. The fourth-order valence-electron chi connectivity index (χ4n) is 3.98. The molecule has 188 valence electrons. The summed E-state index contributed by atoms with van der Waals surface area (Å²) in [6.45, 7) is 2.25. The highest BCUT2D eigenvalue weighted by molar-refractivity contribution is 7.92. The van der Waals surface area contributed by atoms with E-state index in [1.807, 2.05) is 12.1 Å². The van der Waals surface area contributed by atoms with Gasteiger partial charge < -0.3 is 10.2 Å². The summed E-state index contributed by atoms with van der Waals surface area (Å²) >= 11 is 0. The number of sulfonamides is 1. The molecule has 0 aliphatic carbocycles. The van der Waals surface area contributed by atoms with Crippen LogP contribution in [0.4, 0.5) is 5.69 Å². The van der Waals surface area contributed by atoms with Crippen molar-refractivity contribution in [2.75, 3.05) is 4.72 Å². The van der Waals surface area contributed by atoms with Crippen molar-refractivity contribution in [3.63, 3.8) is 0 Å². The molecule has 34 heavy (non-hydrogen) atoms. The van der Waals surface area contributed by atoms with Gasteiger partial charge in [0, 0.05) is 5.69 Å². The minimum absolute atomic E-state index is 0.219. The van der Waals surface area contributed by atoms with Crippen molar-refractivity contribution in [1.82, 2.24) is 0 Å². The molecule has 7 heteroatoms. The van der Waals surface area contributed by atoms with Gasteiger partial charge in [-0.25, -0.2) is 13.2 Å². The molecule has 0 aliphatic rings. The maximum Gasteiger partial charge on any atom is 0.339 e. The lowest BCUT2D eigenvalue weighted by molar-refractivity contribution is 0.0693. The van der Waals surface area contributed by atoms with Crippen molar-refractivity contribution in [2.45, 2.75) is 95.3 Å². The van der Waals surface area contributed by atoms with Crippen LogP contribution in [-0.2, 0) is 16.4 Å². The van der Waals surface area contributed by atoms with Gasteiger partial charge >= 0.3 is 5.97 Å². The van der Waals surface area contributed by atoms with Crippen LogP contribution < -0.4 is 4.72 Å². The molecule has 0 atom stereocenters. The Hall–Kier alpha value is -2.54. The molecule has 0 saturated carbocycles. The molecular weight excluding hydrogens is 450 g/mol. The monoisotopic (exact) mass is 489 g/mol. The molecule has 3 N–H and O–H groups in total. The number of carboxylic acid groups (broad SMARTS) is 1. The average molecular weight is 490 g/mol. The number of benzene rings is 2. The molecule has 0 bridgehead atoms. The molecule has 0 aromatic heterocycles. The minimum atomic E-state index is -3.96. The highest BCUT2D eigenvalue weighted by Gasteiger charge is 2.19. The first-order chi connectivity index (χ1) is 16.3. The molecule has 2 rings (SSSR count). The lowest BCUT2D eigenvalue weighted by Gasteiger charge is -2.10. The molecule has 0 unspecified atom stereocenters. The van der Waals surface area contributed by atoms with E-state index in [4.69, 9.17) is 5.11 Å². The van der Waals surface area contributed by atoms with Gasteiger partial charge in [0.1, 0.15) is 11.3 Å². The number of anilines is 1. The van der Waals surface area contributed by atoms with E-state index < -0.39 is 27.3 Å². The van der Waals surface area contributed by atoms with Gasteiger partial charge in [0.2, 0.25) is 0 Å². The van der Waals surface area contributed by atoms with Gasteiger partial charge in [0.25, 0.3) is 10.0 Å². The fraction of sp³-hybridized carbons (Fsp3) is 0.519. The lowest BCUT2D eigenvalue weighted by Crippen LogP contribution is -2.13. The molecule has 0 saturated heterocycles. The number of hydrogen-bond acceptors (Lipinski definition) is 4. The summed E-state index contributed by atoms with van der Waals surface area (Å²) in [4.78, 5) is 10.9. The van der Waals surface area contributed by atoms with Gasteiger partial charge in [-0.1, -0.05) is 89.7 Å². The van der Waals surface area contributed by atoms with Crippen LogP contribution in [-0.4, -0.2) is 24.6 Å². The van der Waals surface area contributed by atoms with E-state index in [2.05, 4.69) is 11.6 Å². The average Bonchev–Trinajstić information content (AvgIpc) is 2.80. The predicted octanol–water partition coefficient (Wildman–Crippen LogP) is 7.13. The number of phenols is 1. The zero-order valence-corrected chi connectivity index (χ0v) is 21.1. The SMILES string of the molecule is CCCCCCCCCCCCCCc1ccc(NS(=O)(=O)c2ccc(O)c(C(=O)O)c2)cc1. The zero-order chi connectivity index (χ0) is 24.8. The maximum absolute atomic E-state index is 12.6. The number of rotatable bonds is 17. The number of aromatic carboxylic acids is 1. The third-order valence-electron chi connectivity index (χ3n) is 6.03. The number of hydrogen-bond donors (Lipinski definition) is 3. The summed E-state index contributed by atoms with van der Waals surface area (Å²) < 4.78 is 27.6. The second-order valence-electron chi connectivity index (χ2n) is 8.93. The molecule has 6 nitrogen and oxygen atoms in total. The van der Waals surface area contributed by atoms with Crippen LogP contribution in [0.2, 0.25) is 0 Å². The Labute approximate surface area is 204 Å². The third kappa shape index (κ3) is 9.75. The predicted molar refractivity (Wildman–Crippen MR) is 137 cm³/mol. The van der Waals surface area contributed by atoms with Crippen LogP contribution in [0.1, 0.15) is 99.9 Å². The van der Waals surface area contributed by atoms with Crippen molar-refractivity contribution >= 4 is 21.7 Å². The highest BCUT2D eigenvalue weighted by atomic mass is 32.2. The Morgan fingerprint density at radius 3 is 1.85 bits per heavy atom. The number of carbonyl (C=O) groups is 1. The highest BCUT2D eigenvalue weighted by Crippen LogP contribution is 2.23. The normalized spacial score (nSPS) is 11.4. The van der Waals surface area contributed by atoms with E-state index in [0.29, 0.717) is 5.69 Å². The standard InChI is InChI=1S/C27H39NO5S/c1-2-3-4-5-6-7-8-9-10-11-12-13-14-22-15-17-23(18-16-22)28-34(32,33)24-19-20-26(29)25(21-24)27(30)31/h15-21,28-29H,2-14H2,1H3,(H,30,31). The Balaban J connectivity index is 1.68. The quantitative estimate of drug-likeness (QED) is 0.205. The first-order valence-electron chi connectivity index (χ1n) is 12.5. The Bertz CT molecular complexity index is 987. The number of nitrogens with one attached hydrogen (secondary N) is 1. The minimum Gasteiger partial charge on any atom is -0.507 e. The first kappa shape index (κ1) is 27.7. The van der Waals surface area contributed by atoms with Crippen LogP contribution in [0, 0.1) is 0 Å². The van der Waals surface area contributed by atoms with E-state index in [-0.39, 0.29) is 4.90 Å². The summed E-state index contributed by atoms with van der Waals surface area (Å²) in [6.07, 6.45) is 16.7. The summed E-state index contributed by atoms with van der Waals surface area (Å²) in [6, 6.07) is 10.4. The number of aromatic hydroxyl groups is 1. The molecular formula is C27H39NO5S. The Morgan fingerprint density at radius 2 is 1.32 bits per heavy atom. The molecule has 2 aromatic carbocycles. The van der Waals surface area contributed by atoms with Gasteiger partial charge in [-0.2, -0.15) is 0 Å². The fourth-order valence-corrected chi connectivity index (χ4v) is 5.06. The Kier molecular flexibility index (Phi) is 11.9. The van der Waals surface area contributed by atoms with E-state index >= 15 is 0 Å². The number of aryl methyl sites for hydroxylation is 1. The molecule has 0 amide bonds. The second kappa shape index (κ2) is 14.7. The van der Waals surface area contributed by atoms with Crippen LogP contribution in [0.3, 0.4) is 0 Å². The van der Waals surface area contributed by atoms with E-state index in [0.717, 1.165) is 30.5 Å². The van der Waals surface area contributed by atoms with Crippen LogP contribution >= 0.6 is 0 Å². The van der Waals surface area contributed by atoms with Crippen molar-refractivity contribution in [2.24, 2.45) is 0 Å². The molecule has 0 heterocycles. The number of unbranched alkanes of at least 4 members (excludes halogenated alkanes) is 11. The maximum atomic E-state index is 12.6. The molecule has 0 radical (unpaired) electrons. The number of carboxylic acids is 1. The molecule has 0 spiro atoms. The molecule has 0 fully saturated rings. The molecule has 0 aliphatic heterocycles. The first-order valence-corrected chi connectivity index (χ1v) is 14.0. The van der Waals surface area contributed by atoms with Crippen molar-refractivity contribution < 1.29 is 23.4 Å². The lowest BCUT2D eigenvalue weighted by atomic mass is 10.0. The van der Waals surface area contributed by atoms with Crippen LogP contribution in [0.15, 0.2) is 47.4 Å². The second-order valence-corrected chi connectivity index (χ2v) is 10.6. The van der Waals surface area contributed by atoms with Gasteiger partial charge in [-0.05, 0) is 48.7 Å². The Morgan fingerprint density at radius 1 is 0.794 bits per heavy atom. The van der Waals surface area contributed by atoms with Crippen molar-refractivity contribution in [1.29, 1.82) is 0 Å². The summed E-state index contributed by atoms with van der Waals surface area (Å²) in [5, 5.41) is 18.7. The zero-order valence-electron chi connectivity index (χ0n) is 20.3. The van der Waals surface area contributed by atoms with Gasteiger partial charge in [0.05, 0.1) is 4.90 Å². The van der Waals surface area contributed by atoms with Gasteiger partial charge in [-0.15, -0.1) is 0 Å². The van der Waals surface area contributed by atoms with E-state index in [1.165, 1.54) is 76.7 Å². The third-order valence-corrected chi connectivity index (χ3v) is 7.41. The van der Waals surface area contributed by atoms with E-state index in [1.54, 1.807) is 12.1 Å². The van der Waals surface area contributed by atoms with Crippen molar-refractivity contribution in [3.05, 3.63) is 53.6 Å². The largest absolute Gasteiger partial charge is 0.507 e. The van der Waals surface area contributed by atoms with Crippen LogP contribution in [0.5, 0.6) is 5.75 Å².